The van der Waals surface area contributed by atoms with Crippen molar-refractivity contribution in [2.24, 2.45) is 5.73 Å². The molecular formula is C20H21N3O5S. The summed E-state index contributed by atoms with van der Waals surface area (Å²) in [4.78, 5) is 49.1. The molecule has 1 aromatic heterocycles. The van der Waals surface area contributed by atoms with E-state index in [-0.39, 0.29) is 0 Å². The number of hydrogen-bond donors (Lipinski definition) is 3. The molecule has 29 heavy (non-hydrogen) atoms. The Labute approximate surface area is 171 Å². The SMILES string of the molecule is C[C@H](NC(=O)c1ccccc1)C(=O)OCC(=O)Nc1sc2c(c1C(N)=O)CCC2. The van der Waals surface area contributed by atoms with Gasteiger partial charge in [0.05, 0.1) is 5.56 Å². The smallest absolute Gasteiger partial charge is 0.328 e. The van der Waals surface area contributed by atoms with Crippen molar-refractivity contribution in [1.29, 1.82) is 0 Å². The Morgan fingerprint density at radius 2 is 1.90 bits per heavy atom. The molecule has 0 spiro atoms. The zero-order valence-electron chi connectivity index (χ0n) is 15.8. The summed E-state index contributed by atoms with van der Waals surface area (Å²) in [5, 5.41) is 5.49. The van der Waals surface area contributed by atoms with Gasteiger partial charge in [0.15, 0.2) is 6.61 Å². The minimum Gasteiger partial charge on any atom is -0.454 e. The van der Waals surface area contributed by atoms with Crippen molar-refractivity contribution in [3.05, 3.63) is 51.9 Å². The summed E-state index contributed by atoms with van der Waals surface area (Å²) in [7, 11) is 0. The molecule has 1 aliphatic carbocycles. The summed E-state index contributed by atoms with van der Waals surface area (Å²) in [6.07, 6.45) is 2.57. The molecule has 3 rings (SSSR count). The Balaban J connectivity index is 1.52. The van der Waals surface area contributed by atoms with Crippen LogP contribution < -0.4 is 16.4 Å². The Morgan fingerprint density at radius 3 is 2.59 bits per heavy atom. The molecule has 0 saturated carbocycles. The average molecular weight is 415 g/mol. The van der Waals surface area contributed by atoms with Crippen LogP contribution in [0.4, 0.5) is 5.00 Å². The van der Waals surface area contributed by atoms with Gasteiger partial charge in [0.2, 0.25) is 0 Å². The highest BCUT2D eigenvalue weighted by molar-refractivity contribution is 7.17. The summed E-state index contributed by atoms with van der Waals surface area (Å²) in [5.74, 6) is -2.33. The second kappa shape index (κ2) is 8.87. The van der Waals surface area contributed by atoms with E-state index in [1.165, 1.54) is 18.3 Å². The van der Waals surface area contributed by atoms with Gasteiger partial charge in [0.25, 0.3) is 17.7 Å². The maximum Gasteiger partial charge on any atom is 0.328 e. The van der Waals surface area contributed by atoms with Gasteiger partial charge in [-0.05, 0) is 43.9 Å². The number of nitrogens with two attached hydrogens (primary N) is 1. The second-order valence-corrected chi connectivity index (χ2v) is 7.75. The molecule has 1 aromatic carbocycles. The topological polar surface area (TPSA) is 128 Å². The predicted molar refractivity (Wildman–Crippen MR) is 108 cm³/mol. The van der Waals surface area contributed by atoms with E-state index >= 15 is 0 Å². The maximum atomic E-state index is 12.2. The van der Waals surface area contributed by atoms with Crippen molar-refractivity contribution < 1.29 is 23.9 Å². The number of hydrogen-bond acceptors (Lipinski definition) is 6. The first-order valence-electron chi connectivity index (χ1n) is 9.13. The van der Waals surface area contributed by atoms with Crippen molar-refractivity contribution in [2.75, 3.05) is 11.9 Å². The molecule has 0 bridgehead atoms. The molecule has 3 amide bonds. The molecule has 4 N–H and O–H groups in total. The number of fused-ring (bicyclic) bond motifs is 1. The number of primary amides is 1. The van der Waals surface area contributed by atoms with Gasteiger partial charge in [0, 0.05) is 10.4 Å². The number of carbonyl (C=O) groups excluding carboxylic acids is 4. The fourth-order valence-electron chi connectivity index (χ4n) is 3.11. The molecule has 1 atom stereocenters. The number of amides is 3. The molecule has 0 aliphatic heterocycles. The van der Waals surface area contributed by atoms with Crippen LogP contribution in [0.1, 0.15) is 44.5 Å². The second-order valence-electron chi connectivity index (χ2n) is 6.64. The molecular weight excluding hydrogens is 394 g/mol. The first kappa shape index (κ1) is 20.5. The van der Waals surface area contributed by atoms with Crippen LogP contribution in [0.15, 0.2) is 30.3 Å². The number of ether oxygens (including phenoxy) is 1. The van der Waals surface area contributed by atoms with E-state index in [2.05, 4.69) is 10.6 Å². The van der Waals surface area contributed by atoms with Gasteiger partial charge in [-0.2, -0.15) is 0 Å². The van der Waals surface area contributed by atoms with Gasteiger partial charge in [0.1, 0.15) is 11.0 Å². The zero-order valence-corrected chi connectivity index (χ0v) is 16.6. The van der Waals surface area contributed by atoms with Crippen molar-refractivity contribution in [3.63, 3.8) is 0 Å². The Hall–Kier alpha value is -3.20. The summed E-state index contributed by atoms with van der Waals surface area (Å²) in [5.41, 5.74) is 7.10. The number of benzene rings is 1. The maximum absolute atomic E-state index is 12.2. The molecule has 9 heteroatoms. The standard InChI is InChI=1S/C20H21N3O5S/c1-11(22-18(26)12-6-3-2-4-7-12)20(27)28-10-15(24)23-19-16(17(21)25)13-8-5-9-14(13)29-19/h2-4,6-7,11H,5,8-10H2,1H3,(H2,21,25)(H,22,26)(H,23,24)/t11-/m0/s1. The van der Waals surface area contributed by atoms with Crippen LogP contribution in [0.5, 0.6) is 0 Å². The number of aryl methyl sites for hydroxylation is 1. The summed E-state index contributed by atoms with van der Waals surface area (Å²) in [6.45, 7) is 0.932. The lowest BCUT2D eigenvalue weighted by Gasteiger charge is -2.13. The number of carbonyl (C=O) groups is 4. The lowest BCUT2D eigenvalue weighted by molar-refractivity contribution is -0.148. The first-order valence-corrected chi connectivity index (χ1v) is 9.95. The summed E-state index contributed by atoms with van der Waals surface area (Å²) < 4.78 is 4.98. The zero-order chi connectivity index (χ0) is 21.0. The third-order valence-corrected chi connectivity index (χ3v) is 5.71. The number of thiophene rings is 1. The summed E-state index contributed by atoms with van der Waals surface area (Å²) >= 11 is 1.32. The average Bonchev–Trinajstić information content (AvgIpc) is 3.27. The van der Waals surface area contributed by atoms with Gasteiger partial charge in [-0.15, -0.1) is 11.3 Å². The fraction of sp³-hybridized carbons (Fsp3) is 0.300. The minimum atomic E-state index is -0.928. The van der Waals surface area contributed by atoms with Crippen LogP contribution in [0.25, 0.3) is 0 Å². The third kappa shape index (κ3) is 4.80. The number of anilines is 1. The summed E-state index contributed by atoms with van der Waals surface area (Å²) in [6, 6.07) is 7.51. The Morgan fingerprint density at radius 1 is 1.17 bits per heavy atom. The van der Waals surface area contributed by atoms with Gasteiger partial charge in [-0.1, -0.05) is 18.2 Å². The number of rotatable bonds is 7. The van der Waals surface area contributed by atoms with E-state index in [1.807, 2.05) is 0 Å². The van der Waals surface area contributed by atoms with E-state index in [0.717, 1.165) is 29.7 Å². The number of esters is 1. The highest BCUT2D eigenvalue weighted by atomic mass is 32.1. The van der Waals surface area contributed by atoms with Crippen LogP contribution in [-0.2, 0) is 27.2 Å². The van der Waals surface area contributed by atoms with Gasteiger partial charge >= 0.3 is 5.97 Å². The van der Waals surface area contributed by atoms with Gasteiger partial charge in [-0.25, -0.2) is 4.79 Å². The number of nitrogens with one attached hydrogen (secondary N) is 2. The molecule has 1 aliphatic rings. The molecule has 0 fully saturated rings. The lowest BCUT2D eigenvalue weighted by atomic mass is 10.1. The van der Waals surface area contributed by atoms with Crippen LogP contribution >= 0.6 is 11.3 Å². The highest BCUT2D eigenvalue weighted by Crippen LogP contribution is 2.38. The van der Waals surface area contributed by atoms with Crippen LogP contribution in [0.3, 0.4) is 0 Å². The molecule has 8 nitrogen and oxygen atoms in total. The quantitative estimate of drug-likeness (QED) is 0.592. The van der Waals surface area contributed by atoms with E-state index in [4.69, 9.17) is 10.5 Å². The Bertz CT molecular complexity index is 955. The minimum absolute atomic E-state index is 0.339. The lowest BCUT2D eigenvalue weighted by Crippen LogP contribution is -2.40. The Kier molecular flexibility index (Phi) is 6.28. The van der Waals surface area contributed by atoms with Gasteiger partial charge in [-0.3, -0.25) is 14.4 Å². The molecule has 0 unspecified atom stereocenters. The molecule has 1 heterocycles. The van der Waals surface area contributed by atoms with Crippen molar-refractivity contribution in [3.8, 4) is 0 Å². The van der Waals surface area contributed by atoms with Gasteiger partial charge < -0.3 is 21.1 Å². The third-order valence-electron chi connectivity index (χ3n) is 4.50. The van der Waals surface area contributed by atoms with Crippen molar-refractivity contribution in [2.45, 2.75) is 32.2 Å². The van der Waals surface area contributed by atoms with E-state index in [9.17, 15) is 19.2 Å². The van der Waals surface area contributed by atoms with Crippen LogP contribution in [-0.4, -0.2) is 36.3 Å². The molecule has 2 aromatic rings. The van der Waals surface area contributed by atoms with Crippen molar-refractivity contribution in [1.82, 2.24) is 5.32 Å². The molecule has 0 radical (unpaired) electrons. The predicted octanol–water partition coefficient (Wildman–Crippen LogP) is 1.64. The first-order chi connectivity index (χ1) is 13.9. The highest BCUT2D eigenvalue weighted by Gasteiger charge is 2.26. The fourth-order valence-corrected chi connectivity index (χ4v) is 4.42. The van der Waals surface area contributed by atoms with E-state index in [0.29, 0.717) is 16.1 Å². The van der Waals surface area contributed by atoms with Crippen LogP contribution in [0, 0.1) is 0 Å². The largest absolute Gasteiger partial charge is 0.454 e. The monoisotopic (exact) mass is 415 g/mol. The normalized spacial score (nSPS) is 13.3. The van der Waals surface area contributed by atoms with E-state index < -0.39 is 36.3 Å². The van der Waals surface area contributed by atoms with Crippen LogP contribution in [0.2, 0.25) is 0 Å². The molecule has 0 saturated heterocycles. The molecule has 152 valence electrons. The van der Waals surface area contributed by atoms with Crippen molar-refractivity contribution >= 4 is 40.0 Å². The van der Waals surface area contributed by atoms with E-state index in [1.54, 1.807) is 30.3 Å².